The summed E-state index contributed by atoms with van der Waals surface area (Å²) >= 11 is 0. The van der Waals surface area contributed by atoms with Crippen molar-refractivity contribution >= 4 is 16.6 Å². The SMILES string of the molecule is COc1cncc(-c2cnc3n[nH]c(-c4cc5c([nH]4)CC(C)=CC=C5c4ccncc4)c3c2)c1. The van der Waals surface area contributed by atoms with Gasteiger partial charge < -0.3 is 9.72 Å². The summed E-state index contributed by atoms with van der Waals surface area (Å²) in [5, 5.41) is 8.59. The highest BCUT2D eigenvalue weighted by Gasteiger charge is 2.19. The maximum atomic E-state index is 5.33. The van der Waals surface area contributed by atoms with Gasteiger partial charge in [0.25, 0.3) is 0 Å². The van der Waals surface area contributed by atoms with Gasteiger partial charge >= 0.3 is 0 Å². The number of pyridine rings is 3. The van der Waals surface area contributed by atoms with Crippen LogP contribution >= 0.6 is 0 Å². The van der Waals surface area contributed by atoms with E-state index in [-0.39, 0.29) is 0 Å². The van der Waals surface area contributed by atoms with Gasteiger partial charge in [-0.2, -0.15) is 5.10 Å². The summed E-state index contributed by atoms with van der Waals surface area (Å²) in [5.74, 6) is 0.706. The standard InChI is InChI=1S/C27H22N6O/c1-16-3-4-21(17-5-7-28-8-6-17)22-12-25(31-24(22)9-16)26-23-11-19(14-30-27(23)33-32-26)18-10-20(34-2)15-29-13-18/h3-8,10-15,31H,9H2,1-2H3,(H,30,32,33). The molecule has 34 heavy (non-hydrogen) atoms. The van der Waals surface area contributed by atoms with Crippen molar-refractivity contribution in [2.45, 2.75) is 13.3 Å². The average Bonchev–Trinajstić information content (AvgIpc) is 3.45. The molecule has 166 valence electrons. The molecular weight excluding hydrogens is 424 g/mol. The van der Waals surface area contributed by atoms with E-state index in [1.54, 1.807) is 13.3 Å². The van der Waals surface area contributed by atoms with Crippen LogP contribution in [0.2, 0.25) is 0 Å². The van der Waals surface area contributed by atoms with Crippen LogP contribution in [0.4, 0.5) is 0 Å². The van der Waals surface area contributed by atoms with Crippen molar-refractivity contribution in [3.63, 3.8) is 0 Å². The molecule has 0 aliphatic heterocycles. The van der Waals surface area contributed by atoms with Crippen molar-refractivity contribution in [1.82, 2.24) is 30.1 Å². The van der Waals surface area contributed by atoms with Crippen LogP contribution in [0, 0.1) is 0 Å². The largest absolute Gasteiger partial charge is 0.495 e. The third-order valence-corrected chi connectivity index (χ3v) is 6.13. The number of aromatic amines is 2. The van der Waals surface area contributed by atoms with Crippen LogP contribution in [-0.4, -0.2) is 37.2 Å². The summed E-state index contributed by atoms with van der Waals surface area (Å²) in [6, 6.07) is 10.3. The van der Waals surface area contributed by atoms with Gasteiger partial charge in [0.15, 0.2) is 5.65 Å². The van der Waals surface area contributed by atoms with Crippen molar-refractivity contribution in [2.24, 2.45) is 0 Å². The highest BCUT2D eigenvalue weighted by molar-refractivity contribution is 5.94. The van der Waals surface area contributed by atoms with Crippen molar-refractivity contribution in [1.29, 1.82) is 0 Å². The molecule has 7 nitrogen and oxygen atoms in total. The molecule has 5 aromatic heterocycles. The number of nitrogens with one attached hydrogen (secondary N) is 2. The fourth-order valence-electron chi connectivity index (χ4n) is 4.40. The Balaban J connectivity index is 1.47. The lowest BCUT2D eigenvalue weighted by Crippen LogP contribution is -1.92. The quantitative estimate of drug-likeness (QED) is 0.388. The Bertz CT molecular complexity index is 1580. The fraction of sp³-hybridized carbons (Fsp3) is 0.111. The lowest BCUT2D eigenvalue weighted by atomic mass is 9.98. The highest BCUT2D eigenvalue weighted by atomic mass is 16.5. The van der Waals surface area contributed by atoms with E-state index in [4.69, 9.17) is 4.74 Å². The second-order valence-corrected chi connectivity index (χ2v) is 8.39. The van der Waals surface area contributed by atoms with Crippen LogP contribution in [0.25, 0.3) is 39.1 Å². The molecule has 0 radical (unpaired) electrons. The zero-order valence-corrected chi connectivity index (χ0v) is 18.8. The smallest absolute Gasteiger partial charge is 0.181 e. The van der Waals surface area contributed by atoms with Crippen molar-refractivity contribution in [2.75, 3.05) is 7.11 Å². The van der Waals surface area contributed by atoms with E-state index >= 15 is 0 Å². The molecule has 0 bridgehead atoms. The molecule has 5 heterocycles. The summed E-state index contributed by atoms with van der Waals surface area (Å²) < 4.78 is 5.33. The lowest BCUT2D eigenvalue weighted by molar-refractivity contribution is 0.413. The Morgan fingerprint density at radius 2 is 1.76 bits per heavy atom. The number of ether oxygens (including phenoxy) is 1. The minimum atomic E-state index is 0.667. The van der Waals surface area contributed by atoms with E-state index in [1.165, 1.54) is 22.4 Å². The van der Waals surface area contributed by atoms with Gasteiger partial charge in [0.1, 0.15) is 5.75 Å². The molecule has 0 aromatic carbocycles. The first-order chi connectivity index (χ1) is 16.7. The van der Waals surface area contributed by atoms with E-state index < -0.39 is 0 Å². The molecule has 0 saturated carbocycles. The number of nitrogens with zero attached hydrogens (tertiary/aromatic N) is 4. The lowest BCUT2D eigenvalue weighted by Gasteiger charge is -2.06. The van der Waals surface area contributed by atoms with E-state index in [0.29, 0.717) is 11.4 Å². The predicted octanol–water partition coefficient (Wildman–Crippen LogP) is 5.35. The molecule has 1 aliphatic rings. The number of rotatable bonds is 4. The fourth-order valence-corrected chi connectivity index (χ4v) is 4.40. The average molecular weight is 447 g/mol. The van der Waals surface area contributed by atoms with Gasteiger partial charge in [-0.05, 0) is 48.4 Å². The molecule has 7 heteroatoms. The maximum Gasteiger partial charge on any atom is 0.181 e. The topological polar surface area (TPSA) is 92.4 Å². The van der Waals surface area contributed by atoms with Gasteiger partial charge in [0.05, 0.1) is 24.7 Å². The van der Waals surface area contributed by atoms with Crippen LogP contribution in [0.3, 0.4) is 0 Å². The minimum absolute atomic E-state index is 0.667. The third kappa shape index (κ3) is 3.47. The molecule has 0 unspecified atom stereocenters. The predicted molar refractivity (Wildman–Crippen MR) is 132 cm³/mol. The molecule has 6 rings (SSSR count). The normalized spacial score (nSPS) is 13.2. The molecule has 0 spiro atoms. The number of allylic oxidation sites excluding steroid dienone is 3. The van der Waals surface area contributed by atoms with Crippen molar-refractivity contribution in [3.05, 3.63) is 95.9 Å². The molecule has 5 aromatic rings. The second kappa shape index (κ2) is 8.12. The molecular formula is C27H22N6O. The van der Waals surface area contributed by atoms with Crippen LogP contribution < -0.4 is 4.74 Å². The van der Waals surface area contributed by atoms with Crippen LogP contribution in [0.1, 0.15) is 23.7 Å². The number of methoxy groups -OCH3 is 1. The summed E-state index contributed by atoms with van der Waals surface area (Å²) in [7, 11) is 1.64. The van der Waals surface area contributed by atoms with Gasteiger partial charge in [-0.15, -0.1) is 0 Å². The zero-order valence-electron chi connectivity index (χ0n) is 18.8. The summed E-state index contributed by atoms with van der Waals surface area (Å²) in [6.45, 7) is 2.15. The summed E-state index contributed by atoms with van der Waals surface area (Å²) in [5.41, 5.74) is 10.4. The number of aromatic nitrogens is 6. The monoisotopic (exact) mass is 446 g/mol. The zero-order chi connectivity index (χ0) is 23.1. The van der Waals surface area contributed by atoms with E-state index in [2.05, 4.69) is 61.3 Å². The molecule has 2 N–H and O–H groups in total. The van der Waals surface area contributed by atoms with E-state index in [9.17, 15) is 0 Å². The minimum Gasteiger partial charge on any atom is -0.495 e. The van der Waals surface area contributed by atoms with Gasteiger partial charge in [-0.25, -0.2) is 4.98 Å². The van der Waals surface area contributed by atoms with Crippen LogP contribution in [0.5, 0.6) is 5.75 Å². The Morgan fingerprint density at radius 3 is 2.62 bits per heavy atom. The second-order valence-electron chi connectivity index (χ2n) is 8.39. The Hall–Kier alpha value is -4.52. The Labute approximate surface area is 196 Å². The number of hydrogen-bond acceptors (Lipinski definition) is 5. The molecule has 0 saturated heterocycles. The number of hydrogen-bond donors (Lipinski definition) is 2. The van der Waals surface area contributed by atoms with Crippen LogP contribution in [0.15, 0.2) is 79.0 Å². The van der Waals surface area contributed by atoms with E-state index in [0.717, 1.165) is 39.9 Å². The first kappa shape index (κ1) is 20.1. The van der Waals surface area contributed by atoms with E-state index in [1.807, 2.05) is 43.0 Å². The molecule has 1 aliphatic carbocycles. The van der Waals surface area contributed by atoms with Gasteiger partial charge in [-0.1, -0.05) is 17.7 Å². The molecule has 0 fully saturated rings. The summed E-state index contributed by atoms with van der Waals surface area (Å²) in [4.78, 5) is 16.7. The maximum absolute atomic E-state index is 5.33. The van der Waals surface area contributed by atoms with Crippen molar-refractivity contribution < 1.29 is 4.74 Å². The molecule has 0 amide bonds. The van der Waals surface area contributed by atoms with Crippen molar-refractivity contribution in [3.8, 4) is 28.3 Å². The number of fused-ring (bicyclic) bond motifs is 2. The van der Waals surface area contributed by atoms with Gasteiger partial charge in [-0.3, -0.25) is 15.1 Å². The highest BCUT2D eigenvalue weighted by Crippen LogP contribution is 2.36. The third-order valence-electron chi connectivity index (χ3n) is 6.13. The Morgan fingerprint density at radius 1 is 0.912 bits per heavy atom. The van der Waals surface area contributed by atoms with Gasteiger partial charge in [0, 0.05) is 59.0 Å². The molecule has 0 atom stereocenters. The first-order valence-corrected chi connectivity index (χ1v) is 11.0. The first-order valence-electron chi connectivity index (χ1n) is 11.0. The number of H-pyrrole nitrogens is 2. The van der Waals surface area contributed by atoms with Crippen LogP contribution in [-0.2, 0) is 6.42 Å². The summed E-state index contributed by atoms with van der Waals surface area (Å²) in [6.07, 6.45) is 14.2. The Kier molecular flexibility index (Phi) is 4.80. The van der Waals surface area contributed by atoms with Gasteiger partial charge in [0.2, 0.25) is 0 Å².